The lowest BCUT2D eigenvalue weighted by atomic mass is 9.93. The number of hydrogen-bond acceptors (Lipinski definition) is 2. The number of amides is 2. The molecule has 1 saturated heterocycles. The molecule has 3 rings (SSSR count). The molecule has 25 heavy (non-hydrogen) atoms. The highest BCUT2D eigenvalue weighted by Crippen LogP contribution is 2.31. The van der Waals surface area contributed by atoms with Gasteiger partial charge < -0.3 is 9.80 Å². The Balaban J connectivity index is 1.74. The van der Waals surface area contributed by atoms with Gasteiger partial charge in [0.25, 0.3) is 0 Å². The maximum absolute atomic E-state index is 13.1. The predicted molar refractivity (Wildman–Crippen MR) is 101 cm³/mol. The first-order chi connectivity index (χ1) is 12.0. The van der Waals surface area contributed by atoms with E-state index in [2.05, 4.69) is 19.1 Å². The summed E-state index contributed by atoms with van der Waals surface area (Å²) < 4.78 is 0. The van der Waals surface area contributed by atoms with Crippen LogP contribution in [0.4, 0.5) is 5.69 Å². The van der Waals surface area contributed by atoms with E-state index in [-0.39, 0.29) is 17.7 Å². The average Bonchev–Trinajstić information content (AvgIpc) is 3.00. The summed E-state index contributed by atoms with van der Waals surface area (Å²) in [5.41, 5.74) is 3.19. The number of rotatable bonds is 4. The second-order valence-corrected chi connectivity index (χ2v) is 7.61. The molecule has 1 aliphatic heterocycles. The van der Waals surface area contributed by atoms with Crippen molar-refractivity contribution in [2.24, 2.45) is 5.92 Å². The molecule has 0 radical (unpaired) electrons. The zero-order chi connectivity index (χ0) is 18.0. The summed E-state index contributed by atoms with van der Waals surface area (Å²) >= 11 is 0. The molecule has 1 aromatic rings. The van der Waals surface area contributed by atoms with Crippen LogP contribution in [-0.2, 0) is 9.59 Å². The molecule has 1 saturated carbocycles. The minimum Gasteiger partial charge on any atom is -0.340 e. The van der Waals surface area contributed by atoms with E-state index in [0.29, 0.717) is 19.0 Å². The molecular weight excluding hydrogens is 312 g/mol. The third-order valence-electron chi connectivity index (χ3n) is 5.77. The van der Waals surface area contributed by atoms with E-state index in [9.17, 15) is 9.59 Å². The first-order valence-corrected chi connectivity index (χ1v) is 9.69. The zero-order valence-electron chi connectivity index (χ0n) is 15.8. The van der Waals surface area contributed by atoms with Crippen molar-refractivity contribution in [3.63, 3.8) is 0 Å². The lowest BCUT2D eigenvalue weighted by Crippen LogP contribution is -2.45. The summed E-state index contributed by atoms with van der Waals surface area (Å²) in [6.45, 7) is 7.39. The average molecular weight is 342 g/mol. The minimum atomic E-state index is -0.200. The lowest BCUT2D eigenvalue weighted by molar-refractivity contribution is -0.138. The summed E-state index contributed by atoms with van der Waals surface area (Å²) in [7, 11) is 0. The Morgan fingerprint density at radius 2 is 1.92 bits per heavy atom. The van der Waals surface area contributed by atoms with Crippen LogP contribution >= 0.6 is 0 Å². The first kappa shape index (κ1) is 18.0. The molecule has 4 heteroatoms. The summed E-state index contributed by atoms with van der Waals surface area (Å²) in [6.07, 6.45) is 6.28. The molecule has 2 aliphatic rings. The van der Waals surface area contributed by atoms with Crippen molar-refractivity contribution in [1.29, 1.82) is 0 Å². The fourth-order valence-corrected chi connectivity index (χ4v) is 4.34. The molecule has 1 aliphatic carbocycles. The highest BCUT2D eigenvalue weighted by Gasteiger charge is 2.39. The molecule has 1 aromatic carbocycles. The normalized spacial score (nSPS) is 21.6. The zero-order valence-corrected chi connectivity index (χ0v) is 15.8. The molecule has 1 atom stereocenters. The van der Waals surface area contributed by atoms with Crippen LogP contribution in [0.1, 0.15) is 56.6 Å². The van der Waals surface area contributed by atoms with Gasteiger partial charge in [-0.3, -0.25) is 9.59 Å². The van der Waals surface area contributed by atoms with Crippen molar-refractivity contribution in [1.82, 2.24) is 4.90 Å². The van der Waals surface area contributed by atoms with Crippen LogP contribution < -0.4 is 4.90 Å². The fourth-order valence-electron chi connectivity index (χ4n) is 4.34. The van der Waals surface area contributed by atoms with E-state index >= 15 is 0 Å². The molecule has 0 aromatic heterocycles. The van der Waals surface area contributed by atoms with E-state index in [0.717, 1.165) is 36.2 Å². The molecule has 4 nitrogen and oxygen atoms in total. The molecule has 0 bridgehead atoms. The van der Waals surface area contributed by atoms with Crippen molar-refractivity contribution >= 4 is 17.5 Å². The summed E-state index contributed by atoms with van der Waals surface area (Å²) in [4.78, 5) is 29.6. The van der Waals surface area contributed by atoms with Crippen LogP contribution in [0.2, 0.25) is 0 Å². The molecule has 136 valence electrons. The molecule has 0 spiro atoms. The van der Waals surface area contributed by atoms with Gasteiger partial charge in [0.15, 0.2) is 0 Å². The Morgan fingerprint density at radius 3 is 2.60 bits per heavy atom. The number of benzene rings is 1. The second kappa shape index (κ2) is 7.59. The van der Waals surface area contributed by atoms with Crippen LogP contribution in [0.25, 0.3) is 0 Å². The van der Waals surface area contributed by atoms with E-state index in [1.807, 2.05) is 29.7 Å². The van der Waals surface area contributed by atoms with Crippen LogP contribution in [0.3, 0.4) is 0 Å². The predicted octanol–water partition coefficient (Wildman–Crippen LogP) is 3.84. The van der Waals surface area contributed by atoms with E-state index < -0.39 is 0 Å². The Morgan fingerprint density at radius 1 is 1.20 bits per heavy atom. The van der Waals surface area contributed by atoms with Crippen molar-refractivity contribution in [2.45, 2.75) is 65.3 Å². The molecule has 2 fully saturated rings. The van der Waals surface area contributed by atoms with Gasteiger partial charge in [-0.05, 0) is 50.8 Å². The fraction of sp³-hybridized carbons (Fsp3) is 0.619. The smallest absolute Gasteiger partial charge is 0.228 e. The maximum Gasteiger partial charge on any atom is 0.228 e. The van der Waals surface area contributed by atoms with Crippen molar-refractivity contribution in [2.75, 3.05) is 18.0 Å². The largest absolute Gasteiger partial charge is 0.340 e. The second-order valence-electron chi connectivity index (χ2n) is 7.61. The number of hydrogen-bond donors (Lipinski definition) is 0. The number of carbonyl (C=O) groups is 2. The first-order valence-electron chi connectivity index (χ1n) is 9.69. The molecule has 1 heterocycles. The topological polar surface area (TPSA) is 40.6 Å². The highest BCUT2D eigenvalue weighted by molar-refractivity contribution is 6.00. The van der Waals surface area contributed by atoms with Gasteiger partial charge in [0.05, 0.1) is 5.92 Å². The molecular formula is C21H30N2O2. The number of nitrogens with zero attached hydrogens (tertiary/aromatic N) is 2. The molecule has 1 unspecified atom stereocenters. The Hall–Kier alpha value is -1.84. The van der Waals surface area contributed by atoms with E-state index in [4.69, 9.17) is 0 Å². The third kappa shape index (κ3) is 3.73. The SMILES string of the molecule is CCN(C(=O)C1CC(=O)N(c2cc(C)ccc2C)C1)C1CCCCC1. The summed E-state index contributed by atoms with van der Waals surface area (Å²) in [5.74, 6) is 0.0524. The number of aryl methyl sites for hydroxylation is 2. The monoisotopic (exact) mass is 342 g/mol. The van der Waals surface area contributed by atoms with Crippen LogP contribution in [0.5, 0.6) is 0 Å². The number of carbonyl (C=O) groups excluding carboxylic acids is 2. The van der Waals surface area contributed by atoms with Crippen LogP contribution in [-0.4, -0.2) is 35.8 Å². The van der Waals surface area contributed by atoms with Gasteiger partial charge in [-0.1, -0.05) is 31.4 Å². The van der Waals surface area contributed by atoms with Crippen LogP contribution in [0, 0.1) is 19.8 Å². The van der Waals surface area contributed by atoms with Crippen molar-refractivity contribution < 1.29 is 9.59 Å². The molecule has 0 N–H and O–H groups in total. The Labute approximate surface area is 151 Å². The highest BCUT2D eigenvalue weighted by atomic mass is 16.2. The lowest BCUT2D eigenvalue weighted by Gasteiger charge is -2.35. The van der Waals surface area contributed by atoms with Crippen molar-refractivity contribution in [3.05, 3.63) is 29.3 Å². The standard InChI is InChI=1S/C21H30N2O2/c1-4-22(18-8-6-5-7-9-18)21(25)17-13-20(24)23(14-17)19-12-15(2)10-11-16(19)3/h10-12,17-18H,4-9,13-14H2,1-3H3. The van der Waals surface area contributed by atoms with Crippen LogP contribution in [0.15, 0.2) is 18.2 Å². The minimum absolute atomic E-state index is 0.0757. The van der Waals surface area contributed by atoms with Gasteiger partial charge in [-0.25, -0.2) is 0 Å². The summed E-state index contributed by atoms with van der Waals surface area (Å²) in [6, 6.07) is 6.53. The van der Waals surface area contributed by atoms with Gasteiger partial charge >= 0.3 is 0 Å². The van der Waals surface area contributed by atoms with Gasteiger partial charge in [0, 0.05) is 31.2 Å². The van der Waals surface area contributed by atoms with Gasteiger partial charge in [0.2, 0.25) is 11.8 Å². The number of anilines is 1. The van der Waals surface area contributed by atoms with E-state index in [1.54, 1.807) is 0 Å². The van der Waals surface area contributed by atoms with Gasteiger partial charge in [0.1, 0.15) is 0 Å². The third-order valence-corrected chi connectivity index (χ3v) is 5.77. The molecule has 2 amide bonds. The Bertz CT molecular complexity index is 649. The van der Waals surface area contributed by atoms with Gasteiger partial charge in [-0.15, -0.1) is 0 Å². The maximum atomic E-state index is 13.1. The van der Waals surface area contributed by atoms with Gasteiger partial charge in [-0.2, -0.15) is 0 Å². The summed E-state index contributed by atoms with van der Waals surface area (Å²) in [5, 5.41) is 0. The van der Waals surface area contributed by atoms with Crippen molar-refractivity contribution in [3.8, 4) is 0 Å². The quantitative estimate of drug-likeness (QED) is 0.834. The van der Waals surface area contributed by atoms with E-state index in [1.165, 1.54) is 19.3 Å². The Kier molecular flexibility index (Phi) is 5.45.